The molecule has 1 atom stereocenters. The van der Waals surface area contributed by atoms with Gasteiger partial charge in [-0.2, -0.15) is 0 Å². The highest BCUT2D eigenvalue weighted by atomic mass is 32.2. The molecule has 0 bridgehead atoms. The Kier molecular flexibility index (Phi) is 4.59. The number of amides is 1. The van der Waals surface area contributed by atoms with Crippen molar-refractivity contribution >= 4 is 15.9 Å². The molecule has 1 amide bonds. The zero-order valence-corrected chi connectivity index (χ0v) is 13.8. The van der Waals surface area contributed by atoms with Gasteiger partial charge in [-0.1, -0.05) is 0 Å². The number of primary sulfonamides is 1. The van der Waals surface area contributed by atoms with Crippen LogP contribution in [0.3, 0.4) is 0 Å². The average Bonchev–Trinajstić information content (AvgIpc) is 2.50. The third kappa shape index (κ3) is 3.84. The number of hydrogen-bond donors (Lipinski definition) is 1. The highest BCUT2D eigenvalue weighted by molar-refractivity contribution is 7.89. The number of ether oxygens (including phenoxy) is 1. The summed E-state index contributed by atoms with van der Waals surface area (Å²) >= 11 is 0. The molecule has 1 saturated heterocycles. The molecule has 1 aromatic rings. The van der Waals surface area contributed by atoms with Crippen LogP contribution in [-0.2, 0) is 10.0 Å². The maximum absolute atomic E-state index is 12.5. The molecule has 3 rings (SSSR count). The second kappa shape index (κ2) is 6.49. The van der Waals surface area contributed by atoms with Crippen molar-refractivity contribution in [3.8, 4) is 5.75 Å². The number of piperidine rings is 1. The predicted molar refractivity (Wildman–Crippen MR) is 86.7 cm³/mol. The zero-order chi connectivity index (χ0) is 16.4. The normalized spacial score (nSPS) is 22.5. The minimum absolute atomic E-state index is 0.159. The summed E-state index contributed by atoms with van der Waals surface area (Å²) in [7, 11) is -3.61. The molecular weight excluding hydrogens is 316 g/mol. The minimum atomic E-state index is -3.61. The van der Waals surface area contributed by atoms with Crippen molar-refractivity contribution in [2.45, 2.75) is 43.5 Å². The van der Waals surface area contributed by atoms with Crippen LogP contribution in [0.4, 0.5) is 0 Å². The summed E-state index contributed by atoms with van der Waals surface area (Å²) in [5.41, 5.74) is 0.543. The standard InChI is InChI=1S/C16H22N2O4S/c17-23(20,21)15-5-2-10-18(11-15)16(19)12-6-8-14(9-7-12)22-13-3-1-4-13/h6-9,13,15H,1-5,10-11H2,(H2,17,20,21). The van der Waals surface area contributed by atoms with E-state index in [1.165, 1.54) is 6.42 Å². The molecule has 1 saturated carbocycles. The first kappa shape index (κ1) is 16.3. The summed E-state index contributed by atoms with van der Waals surface area (Å²) in [6.45, 7) is 0.725. The number of carbonyl (C=O) groups excluding carboxylic acids is 1. The molecule has 1 heterocycles. The molecule has 1 unspecified atom stereocenters. The van der Waals surface area contributed by atoms with Gasteiger partial charge in [0.1, 0.15) is 5.75 Å². The molecule has 0 aromatic heterocycles. The van der Waals surface area contributed by atoms with E-state index in [2.05, 4.69) is 0 Å². The van der Waals surface area contributed by atoms with Crippen LogP contribution in [0, 0.1) is 0 Å². The van der Waals surface area contributed by atoms with Gasteiger partial charge in [0, 0.05) is 18.7 Å². The lowest BCUT2D eigenvalue weighted by atomic mass is 9.96. The van der Waals surface area contributed by atoms with Crippen LogP contribution in [0.1, 0.15) is 42.5 Å². The Balaban J connectivity index is 1.64. The molecule has 2 fully saturated rings. The van der Waals surface area contributed by atoms with Gasteiger partial charge in [0.2, 0.25) is 10.0 Å². The van der Waals surface area contributed by atoms with Crippen LogP contribution in [0.5, 0.6) is 5.75 Å². The van der Waals surface area contributed by atoms with Gasteiger partial charge < -0.3 is 9.64 Å². The molecule has 7 heteroatoms. The summed E-state index contributed by atoms with van der Waals surface area (Å²) < 4.78 is 28.8. The molecule has 1 aliphatic heterocycles. The highest BCUT2D eigenvalue weighted by Crippen LogP contribution is 2.25. The summed E-state index contributed by atoms with van der Waals surface area (Å²) in [6.07, 6.45) is 4.84. The van der Waals surface area contributed by atoms with Crippen LogP contribution in [0.15, 0.2) is 24.3 Å². The van der Waals surface area contributed by atoms with E-state index in [4.69, 9.17) is 9.88 Å². The number of hydrogen-bond acceptors (Lipinski definition) is 4. The fraction of sp³-hybridized carbons (Fsp3) is 0.562. The van der Waals surface area contributed by atoms with E-state index in [1.54, 1.807) is 29.2 Å². The molecule has 126 valence electrons. The number of likely N-dealkylation sites (tertiary alicyclic amines) is 1. The third-order valence-corrected chi connectivity index (χ3v) is 5.90. The summed E-state index contributed by atoms with van der Waals surface area (Å²) in [5, 5.41) is 4.55. The SMILES string of the molecule is NS(=O)(=O)C1CCCN(C(=O)c2ccc(OC3CCC3)cc2)C1. The van der Waals surface area contributed by atoms with Gasteiger partial charge in [-0.15, -0.1) is 0 Å². The maximum Gasteiger partial charge on any atom is 0.253 e. The number of sulfonamides is 1. The number of benzene rings is 1. The van der Waals surface area contributed by atoms with Crippen molar-refractivity contribution in [1.29, 1.82) is 0 Å². The van der Waals surface area contributed by atoms with E-state index in [9.17, 15) is 13.2 Å². The first-order chi connectivity index (χ1) is 10.9. The first-order valence-corrected chi connectivity index (χ1v) is 9.62. The Morgan fingerprint density at radius 1 is 1.13 bits per heavy atom. The Morgan fingerprint density at radius 2 is 1.83 bits per heavy atom. The lowest BCUT2D eigenvalue weighted by Crippen LogP contribution is -2.47. The number of nitrogens with two attached hydrogens (primary N) is 1. The Labute approximate surface area is 136 Å². The van der Waals surface area contributed by atoms with Crippen LogP contribution in [0.25, 0.3) is 0 Å². The van der Waals surface area contributed by atoms with Crippen molar-refractivity contribution in [3.63, 3.8) is 0 Å². The number of nitrogens with zero attached hydrogens (tertiary/aromatic N) is 1. The third-order valence-electron chi connectivity index (χ3n) is 4.59. The first-order valence-electron chi connectivity index (χ1n) is 8.01. The van der Waals surface area contributed by atoms with Gasteiger partial charge in [-0.3, -0.25) is 4.79 Å². The average molecular weight is 338 g/mol. The quantitative estimate of drug-likeness (QED) is 0.901. The molecular formula is C16H22N2O4S. The van der Waals surface area contributed by atoms with Gasteiger partial charge in [0.25, 0.3) is 5.91 Å². The highest BCUT2D eigenvalue weighted by Gasteiger charge is 2.30. The van der Waals surface area contributed by atoms with Gasteiger partial charge in [0.15, 0.2) is 0 Å². The molecule has 1 aliphatic carbocycles. The van der Waals surface area contributed by atoms with Crippen LogP contribution in [0.2, 0.25) is 0 Å². The summed E-state index contributed by atoms with van der Waals surface area (Å²) in [4.78, 5) is 14.1. The van der Waals surface area contributed by atoms with E-state index in [0.29, 0.717) is 31.1 Å². The second-order valence-electron chi connectivity index (χ2n) is 6.30. The van der Waals surface area contributed by atoms with Gasteiger partial charge in [-0.25, -0.2) is 13.6 Å². The number of rotatable bonds is 4. The molecule has 0 spiro atoms. The molecule has 2 N–H and O–H groups in total. The largest absolute Gasteiger partial charge is 0.490 e. The van der Waals surface area contributed by atoms with E-state index in [1.807, 2.05) is 0 Å². The molecule has 1 aromatic carbocycles. The van der Waals surface area contributed by atoms with Crippen LogP contribution < -0.4 is 9.88 Å². The fourth-order valence-electron chi connectivity index (χ4n) is 2.93. The topological polar surface area (TPSA) is 89.7 Å². The van der Waals surface area contributed by atoms with E-state index >= 15 is 0 Å². The smallest absolute Gasteiger partial charge is 0.253 e. The lowest BCUT2D eigenvalue weighted by molar-refractivity contribution is 0.0727. The monoisotopic (exact) mass is 338 g/mol. The van der Waals surface area contributed by atoms with Gasteiger partial charge in [0.05, 0.1) is 11.4 Å². The van der Waals surface area contributed by atoms with Crippen LogP contribution in [-0.4, -0.2) is 43.7 Å². The number of carbonyl (C=O) groups is 1. The predicted octanol–water partition coefficient (Wildman–Crippen LogP) is 1.51. The van der Waals surface area contributed by atoms with E-state index in [-0.39, 0.29) is 12.5 Å². The molecule has 6 nitrogen and oxygen atoms in total. The van der Waals surface area contributed by atoms with Crippen molar-refractivity contribution in [1.82, 2.24) is 4.90 Å². The van der Waals surface area contributed by atoms with Crippen molar-refractivity contribution in [2.24, 2.45) is 5.14 Å². The van der Waals surface area contributed by atoms with Crippen molar-refractivity contribution in [3.05, 3.63) is 29.8 Å². The van der Waals surface area contributed by atoms with Crippen molar-refractivity contribution < 1.29 is 17.9 Å². The fourth-order valence-corrected chi connectivity index (χ4v) is 3.81. The van der Waals surface area contributed by atoms with E-state index < -0.39 is 15.3 Å². The lowest BCUT2D eigenvalue weighted by Gasteiger charge is -2.31. The Bertz CT molecular complexity index is 668. The molecule has 0 radical (unpaired) electrons. The molecule has 23 heavy (non-hydrogen) atoms. The zero-order valence-electron chi connectivity index (χ0n) is 13.0. The van der Waals surface area contributed by atoms with Crippen molar-refractivity contribution in [2.75, 3.05) is 13.1 Å². The Morgan fingerprint density at radius 3 is 2.39 bits per heavy atom. The van der Waals surface area contributed by atoms with Crippen LogP contribution >= 0.6 is 0 Å². The van der Waals surface area contributed by atoms with Gasteiger partial charge >= 0.3 is 0 Å². The second-order valence-corrected chi connectivity index (χ2v) is 8.14. The Hall–Kier alpha value is -1.60. The molecule has 2 aliphatic rings. The van der Waals surface area contributed by atoms with E-state index in [0.717, 1.165) is 18.6 Å². The summed E-state index contributed by atoms with van der Waals surface area (Å²) in [5.74, 6) is 0.612. The minimum Gasteiger partial charge on any atom is -0.490 e. The maximum atomic E-state index is 12.5. The summed E-state index contributed by atoms with van der Waals surface area (Å²) in [6, 6.07) is 7.06. The van der Waals surface area contributed by atoms with Gasteiger partial charge in [-0.05, 0) is 56.4 Å².